The highest BCUT2D eigenvalue weighted by atomic mass is 16.2. The third kappa shape index (κ3) is 1.81. The molecule has 5 heteroatoms. The number of hydrogen-bond acceptors (Lipinski definition) is 3. The van der Waals surface area contributed by atoms with Gasteiger partial charge in [0.05, 0.1) is 17.6 Å². The fourth-order valence-electron chi connectivity index (χ4n) is 3.37. The van der Waals surface area contributed by atoms with Gasteiger partial charge >= 0.3 is 0 Å². The molecule has 2 aliphatic rings. The Kier molecular flexibility index (Phi) is 2.35. The second kappa shape index (κ2) is 4.06. The average molecular weight is 256 g/mol. The van der Waals surface area contributed by atoms with E-state index in [0.29, 0.717) is 12.1 Å². The number of rotatable bonds is 2. The number of amides is 1. The number of aromatic nitrogens is 2. The van der Waals surface area contributed by atoms with E-state index in [1.165, 1.54) is 6.42 Å². The van der Waals surface area contributed by atoms with Gasteiger partial charge in [0.25, 0.3) is 0 Å². The molecular formula is C14H16N4O. The van der Waals surface area contributed by atoms with Crippen LogP contribution in [0, 0.1) is 5.92 Å². The topological polar surface area (TPSA) is 69.8 Å². The van der Waals surface area contributed by atoms with Gasteiger partial charge in [0, 0.05) is 23.2 Å². The number of hydrogen-bond donors (Lipinski definition) is 3. The quantitative estimate of drug-likeness (QED) is 0.765. The van der Waals surface area contributed by atoms with Gasteiger partial charge in [0.2, 0.25) is 5.91 Å². The SMILES string of the molecule is O=C(Nc1ccc2[nH]ncc2c1)C1CC2CCC1N2. The molecular weight excluding hydrogens is 240 g/mol. The zero-order valence-electron chi connectivity index (χ0n) is 10.5. The van der Waals surface area contributed by atoms with Crippen LogP contribution in [0.1, 0.15) is 19.3 Å². The summed E-state index contributed by atoms with van der Waals surface area (Å²) in [5, 5.41) is 14.4. The standard InChI is InChI=1S/C14H16N4O/c19-14(11-6-10-2-4-13(11)16-10)17-9-1-3-12-8(5-9)7-15-18-12/h1,3,5,7,10-11,13,16H,2,4,6H2,(H,15,18)(H,17,19). The number of nitrogens with zero attached hydrogens (tertiary/aromatic N) is 1. The van der Waals surface area contributed by atoms with Crippen LogP contribution in [-0.4, -0.2) is 28.2 Å². The molecule has 0 spiro atoms. The van der Waals surface area contributed by atoms with E-state index in [0.717, 1.165) is 29.4 Å². The van der Waals surface area contributed by atoms with Crippen LogP contribution >= 0.6 is 0 Å². The summed E-state index contributed by atoms with van der Waals surface area (Å²) < 4.78 is 0. The van der Waals surface area contributed by atoms with Crippen LogP contribution in [0.2, 0.25) is 0 Å². The zero-order valence-corrected chi connectivity index (χ0v) is 10.5. The van der Waals surface area contributed by atoms with E-state index < -0.39 is 0 Å². The Morgan fingerprint density at radius 2 is 2.32 bits per heavy atom. The molecule has 2 aliphatic heterocycles. The maximum Gasteiger partial charge on any atom is 0.229 e. The minimum Gasteiger partial charge on any atom is -0.326 e. The summed E-state index contributed by atoms with van der Waals surface area (Å²) >= 11 is 0. The monoisotopic (exact) mass is 256 g/mol. The first kappa shape index (κ1) is 11.0. The van der Waals surface area contributed by atoms with Gasteiger partial charge in [0.1, 0.15) is 0 Å². The number of aromatic amines is 1. The van der Waals surface area contributed by atoms with Gasteiger partial charge in [-0.2, -0.15) is 5.10 Å². The van der Waals surface area contributed by atoms with Crippen LogP contribution < -0.4 is 10.6 Å². The smallest absolute Gasteiger partial charge is 0.229 e. The lowest BCUT2D eigenvalue weighted by atomic mass is 9.88. The van der Waals surface area contributed by atoms with Crippen molar-refractivity contribution in [3.63, 3.8) is 0 Å². The summed E-state index contributed by atoms with van der Waals surface area (Å²) in [5.41, 5.74) is 1.83. The van der Waals surface area contributed by atoms with Gasteiger partial charge in [-0.15, -0.1) is 0 Å². The normalized spacial score (nSPS) is 28.9. The van der Waals surface area contributed by atoms with Gasteiger partial charge in [0.15, 0.2) is 0 Å². The highest BCUT2D eigenvalue weighted by Crippen LogP contribution is 2.34. The Bertz CT molecular complexity index is 635. The number of fused-ring (bicyclic) bond motifs is 3. The van der Waals surface area contributed by atoms with Crippen molar-refractivity contribution in [3.8, 4) is 0 Å². The predicted molar refractivity (Wildman–Crippen MR) is 72.8 cm³/mol. The molecule has 3 unspecified atom stereocenters. The molecule has 0 radical (unpaired) electrons. The Labute approximate surface area is 110 Å². The highest BCUT2D eigenvalue weighted by molar-refractivity contribution is 5.95. The van der Waals surface area contributed by atoms with Crippen molar-refractivity contribution in [2.24, 2.45) is 5.92 Å². The summed E-state index contributed by atoms with van der Waals surface area (Å²) in [4.78, 5) is 12.3. The summed E-state index contributed by atoms with van der Waals surface area (Å²) in [5.74, 6) is 0.265. The third-order valence-corrected chi connectivity index (χ3v) is 4.34. The summed E-state index contributed by atoms with van der Waals surface area (Å²) in [6.45, 7) is 0. The molecule has 1 amide bonds. The minimum atomic E-state index is 0.124. The average Bonchev–Trinajstić information content (AvgIpc) is 3.13. The van der Waals surface area contributed by atoms with Gasteiger partial charge in [-0.05, 0) is 37.5 Å². The number of carbonyl (C=O) groups is 1. The number of nitrogens with one attached hydrogen (secondary N) is 3. The van der Waals surface area contributed by atoms with Crippen molar-refractivity contribution in [3.05, 3.63) is 24.4 Å². The van der Waals surface area contributed by atoms with Crippen molar-refractivity contribution in [2.75, 3.05) is 5.32 Å². The van der Waals surface area contributed by atoms with Crippen LogP contribution in [0.5, 0.6) is 0 Å². The minimum absolute atomic E-state index is 0.124. The first-order valence-electron chi connectivity index (χ1n) is 6.79. The van der Waals surface area contributed by atoms with E-state index in [-0.39, 0.29) is 11.8 Å². The number of anilines is 1. The molecule has 3 atom stereocenters. The molecule has 4 rings (SSSR count). The third-order valence-electron chi connectivity index (χ3n) is 4.34. The van der Waals surface area contributed by atoms with E-state index in [1.54, 1.807) is 6.20 Å². The van der Waals surface area contributed by atoms with Crippen molar-refractivity contribution >= 4 is 22.5 Å². The number of H-pyrrole nitrogens is 1. The van der Waals surface area contributed by atoms with E-state index >= 15 is 0 Å². The second-order valence-electron chi connectivity index (χ2n) is 5.55. The molecule has 0 saturated carbocycles. The molecule has 3 N–H and O–H groups in total. The molecule has 2 fully saturated rings. The lowest BCUT2D eigenvalue weighted by Gasteiger charge is -2.19. The maximum atomic E-state index is 12.3. The molecule has 2 aromatic rings. The Morgan fingerprint density at radius 3 is 3.11 bits per heavy atom. The van der Waals surface area contributed by atoms with Crippen molar-refractivity contribution in [1.29, 1.82) is 0 Å². The van der Waals surface area contributed by atoms with Crippen molar-refractivity contribution in [2.45, 2.75) is 31.3 Å². The molecule has 2 bridgehead atoms. The first-order chi connectivity index (χ1) is 9.29. The first-order valence-corrected chi connectivity index (χ1v) is 6.79. The second-order valence-corrected chi connectivity index (χ2v) is 5.55. The Hall–Kier alpha value is -1.88. The van der Waals surface area contributed by atoms with Crippen molar-refractivity contribution < 1.29 is 4.79 Å². The van der Waals surface area contributed by atoms with Crippen LogP contribution in [0.25, 0.3) is 10.9 Å². The summed E-state index contributed by atoms with van der Waals surface area (Å²) in [6, 6.07) is 6.74. The molecule has 0 aliphatic carbocycles. The van der Waals surface area contributed by atoms with Gasteiger partial charge in [-0.1, -0.05) is 0 Å². The van der Waals surface area contributed by atoms with Crippen LogP contribution in [-0.2, 0) is 4.79 Å². The van der Waals surface area contributed by atoms with E-state index in [9.17, 15) is 4.79 Å². The predicted octanol–water partition coefficient (Wildman–Crippen LogP) is 1.64. The lowest BCUT2D eigenvalue weighted by molar-refractivity contribution is -0.120. The Morgan fingerprint density at radius 1 is 1.37 bits per heavy atom. The summed E-state index contributed by atoms with van der Waals surface area (Å²) in [6.07, 6.45) is 5.09. The van der Waals surface area contributed by atoms with Gasteiger partial charge in [-0.3, -0.25) is 9.89 Å². The van der Waals surface area contributed by atoms with Gasteiger partial charge < -0.3 is 10.6 Å². The number of benzene rings is 1. The fraction of sp³-hybridized carbons (Fsp3) is 0.429. The van der Waals surface area contributed by atoms with Crippen molar-refractivity contribution in [1.82, 2.24) is 15.5 Å². The fourth-order valence-corrected chi connectivity index (χ4v) is 3.37. The van der Waals surface area contributed by atoms with E-state index in [4.69, 9.17) is 0 Å². The molecule has 3 heterocycles. The molecule has 19 heavy (non-hydrogen) atoms. The zero-order chi connectivity index (χ0) is 12.8. The van der Waals surface area contributed by atoms with Crippen LogP contribution in [0.4, 0.5) is 5.69 Å². The molecule has 1 aromatic heterocycles. The van der Waals surface area contributed by atoms with Crippen LogP contribution in [0.3, 0.4) is 0 Å². The number of carbonyl (C=O) groups excluding carboxylic acids is 1. The van der Waals surface area contributed by atoms with E-state index in [1.807, 2.05) is 18.2 Å². The lowest BCUT2D eigenvalue weighted by Crippen LogP contribution is -2.32. The molecule has 5 nitrogen and oxygen atoms in total. The Balaban J connectivity index is 1.52. The molecule has 2 saturated heterocycles. The van der Waals surface area contributed by atoms with E-state index in [2.05, 4.69) is 20.8 Å². The molecule has 98 valence electrons. The molecule has 1 aromatic carbocycles. The highest BCUT2D eigenvalue weighted by Gasteiger charge is 2.42. The summed E-state index contributed by atoms with van der Waals surface area (Å²) in [7, 11) is 0. The van der Waals surface area contributed by atoms with Gasteiger partial charge in [-0.25, -0.2) is 0 Å². The maximum absolute atomic E-state index is 12.3. The largest absolute Gasteiger partial charge is 0.326 e. The van der Waals surface area contributed by atoms with Crippen LogP contribution in [0.15, 0.2) is 24.4 Å².